The molecule has 3 amide bonds. The highest BCUT2D eigenvalue weighted by molar-refractivity contribution is 7.09. The van der Waals surface area contributed by atoms with Crippen LogP contribution in [0.4, 0.5) is 4.79 Å². The molecule has 1 saturated heterocycles. The lowest BCUT2D eigenvalue weighted by molar-refractivity contribution is -0.146. The molecule has 1 aliphatic rings. The number of benzene rings is 1. The molecule has 0 bridgehead atoms. The smallest absolute Gasteiger partial charge is 0.407 e. The second-order valence-electron chi connectivity index (χ2n) is 17.8. The molecule has 3 rings (SSSR count). The van der Waals surface area contributed by atoms with E-state index in [-0.39, 0.29) is 60.0 Å². The first kappa shape index (κ1) is 49.9. The van der Waals surface area contributed by atoms with Gasteiger partial charge in [0.25, 0.3) is 0 Å². The summed E-state index contributed by atoms with van der Waals surface area (Å²) in [5.74, 6) is -0.824. The van der Waals surface area contributed by atoms with Gasteiger partial charge < -0.3 is 40.0 Å². The number of carbonyl (C=O) groups is 4. The molecule has 332 valence electrons. The summed E-state index contributed by atoms with van der Waals surface area (Å²) in [6.45, 7) is 18.0. The number of carbonyl (C=O) groups excluding carboxylic acids is 4. The Balaban J connectivity index is 1.81. The zero-order valence-electron chi connectivity index (χ0n) is 38.0. The van der Waals surface area contributed by atoms with Crippen molar-refractivity contribution in [3.63, 3.8) is 0 Å². The summed E-state index contributed by atoms with van der Waals surface area (Å²) in [5, 5.41) is 12.4. The molecule has 13 nitrogen and oxygen atoms in total. The Hall–Kier alpha value is -3.43. The molecule has 1 aromatic carbocycles. The Morgan fingerprint density at radius 3 is 2.25 bits per heavy atom. The molecular formula is C45H74N6O7S. The van der Waals surface area contributed by atoms with Crippen molar-refractivity contribution in [3.8, 4) is 0 Å². The lowest BCUT2D eigenvalue weighted by Gasteiger charge is -2.41. The van der Waals surface area contributed by atoms with Crippen LogP contribution in [-0.2, 0) is 35.0 Å². The average Bonchev–Trinajstić information content (AvgIpc) is 3.92. The molecule has 1 aromatic heterocycles. The van der Waals surface area contributed by atoms with Crippen molar-refractivity contribution in [1.82, 2.24) is 30.7 Å². The van der Waals surface area contributed by atoms with Crippen molar-refractivity contribution in [3.05, 3.63) is 52.5 Å². The normalized spacial score (nSPS) is 18.9. The molecule has 1 fully saturated rings. The number of methoxy groups -OCH3 is 2. The van der Waals surface area contributed by atoms with Gasteiger partial charge in [0, 0.05) is 75.8 Å². The third kappa shape index (κ3) is 14.3. The first-order valence-electron chi connectivity index (χ1n) is 21.3. The van der Waals surface area contributed by atoms with Crippen molar-refractivity contribution in [2.45, 2.75) is 154 Å². The zero-order valence-corrected chi connectivity index (χ0v) is 38.8. The van der Waals surface area contributed by atoms with Gasteiger partial charge in [-0.3, -0.25) is 14.4 Å². The van der Waals surface area contributed by atoms with Gasteiger partial charge in [0.15, 0.2) is 0 Å². The topological polar surface area (TPSA) is 151 Å². The fourth-order valence-electron chi connectivity index (χ4n) is 8.04. The van der Waals surface area contributed by atoms with Crippen LogP contribution in [-0.4, -0.2) is 127 Å². The number of ether oxygens (including phenoxy) is 3. The minimum absolute atomic E-state index is 0.00631. The second-order valence-corrected chi connectivity index (χ2v) is 18.7. The number of aromatic nitrogens is 1. The van der Waals surface area contributed by atoms with Gasteiger partial charge in [0.05, 0.1) is 35.7 Å². The number of rotatable bonds is 23. The van der Waals surface area contributed by atoms with Crippen molar-refractivity contribution in [2.75, 3.05) is 41.4 Å². The third-order valence-corrected chi connectivity index (χ3v) is 13.2. The van der Waals surface area contributed by atoms with E-state index in [4.69, 9.17) is 14.2 Å². The minimum atomic E-state index is -0.803. The Bertz CT molecular complexity index is 1600. The largest absolute Gasteiger partial charge is 0.444 e. The summed E-state index contributed by atoms with van der Waals surface area (Å²) >= 11 is 1.56. The van der Waals surface area contributed by atoms with Gasteiger partial charge in [0.1, 0.15) is 17.4 Å². The summed E-state index contributed by atoms with van der Waals surface area (Å²) in [6.07, 6.45) is 3.35. The highest BCUT2D eigenvalue weighted by Crippen LogP contribution is 2.33. The number of hydrogen-bond acceptors (Lipinski definition) is 11. The van der Waals surface area contributed by atoms with Crippen LogP contribution in [0.2, 0.25) is 0 Å². The standard InChI is InChI=1S/C45H74N6O7S/c1-14-29(2)39(50(11)42(54)34(49-31(4)45(8,9)46-10)28-48-43(55)58-44(5,6)7)37(56-12)27-38(53)51-23-18-21-35(51)40(57-13)30(3)36(52)26-33(41-47-22-24-59-41)25-32-19-16-15-17-20-32/h15-17,19-20,22,24,29-31,33-35,37,39-40,46,49H,14,18,21,23,25-28H2,1-13H3,(H,48,55)/t29-,30-,31?,33+,34-,35-,37+,39-,40+/m0/s1. The van der Waals surface area contributed by atoms with E-state index in [2.05, 4.69) is 46.9 Å². The zero-order chi connectivity index (χ0) is 44.1. The number of likely N-dealkylation sites (tertiary alicyclic amines) is 1. The van der Waals surface area contributed by atoms with E-state index >= 15 is 0 Å². The van der Waals surface area contributed by atoms with Crippen LogP contribution in [0.25, 0.3) is 0 Å². The van der Waals surface area contributed by atoms with E-state index in [1.807, 2.05) is 63.2 Å². The Morgan fingerprint density at radius 1 is 1.02 bits per heavy atom. The monoisotopic (exact) mass is 843 g/mol. The molecule has 0 spiro atoms. The maximum Gasteiger partial charge on any atom is 0.407 e. The molecule has 59 heavy (non-hydrogen) atoms. The highest BCUT2D eigenvalue weighted by atomic mass is 32.1. The average molecular weight is 843 g/mol. The maximum absolute atomic E-state index is 14.5. The first-order chi connectivity index (χ1) is 27.8. The SMILES string of the molecule is CC[C@H](C)[C@@H]([C@@H](CC(=O)N1CCC[C@H]1[C@H](OC)[C@@H](C)C(=O)C[C@@H](Cc1ccccc1)c1nccs1)OC)N(C)C(=O)[C@H](CNC(=O)OC(C)(C)C)NC(C)C(C)(C)NC. The summed E-state index contributed by atoms with van der Waals surface area (Å²) in [7, 11) is 6.81. The molecule has 0 saturated carbocycles. The molecule has 2 heterocycles. The number of ketones is 1. The van der Waals surface area contributed by atoms with Crippen LogP contribution >= 0.6 is 11.3 Å². The van der Waals surface area contributed by atoms with Crippen LogP contribution < -0.4 is 16.0 Å². The van der Waals surface area contributed by atoms with E-state index in [0.29, 0.717) is 25.8 Å². The van der Waals surface area contributed by atoms with Gasteiger partial charge >= 0.3 is 6.09 Å². The molecule has 1 aliphatic heterocycles. The number of hydrogen-bond donors (Lipinski definition) is 3. The Kier molecular flexibility index (Phi) is 19.4. The van der Waals surface area contributed by atoms with Crippen molar-refractivity contribution in [2.24, 2.45) is 11.8 Å². The summed E-state index contributed by atoms with van der Waals surface area (Å²) in [6, 6.07) is 8.43. The highest BCUT2D eigenvalue weighted by Gasteiger charge is 2.43. The van der Waals surface area contributed by atoms with E-state index in [0.717, 1.165) is 23.4 Å². The van der Waals surface area contributed by atoms with Gasteiger partial charge in [-0.25, -0.2) is 9.78 Å². The van der Waals surface area contributed by atoms with E-state index in [1.165, 1.54) is 0 Å². The van der Waals surface area contributed by atoms with Crippen LogP contribution in [0.15, 0.2) is 41.9 Å². The predicted molar refractivity (Wildman–Crippen MR) is 235 cm³/mol. The second kappa shape index (κ2) is 23.0. The van der Waals surface area contributed by atoms with E-state index in [9.17, 15) is 19.2 Å². The number of thiazole rings is 1. The van der Waals surface area contributed by atoms with Crippen LogP contribution in [0.3, 0.4) is 0 Å². The minimum Gasteiger partial charge on any atom is -0.444 e. The number of nitrogens with zero attached hydrogens (tertiary/aromatic N) is 3. The van der Waals surface area contributed by atoms with Gasteiger partial charge in [-0.15, -0.1) is 11.3 Å². The van der Waals surface area contributed by atoms with Gasteiger partial charge in [-0.2, -0.15) is 0 Å². The summed E-state index contributed by atoms with van der Waals surface area (Å²) < 4.78 is 17.7. The first-order valence-corrected chi connectivity index (χ1v) is 22.2. The number of nitrogens with one attached hydrogen (secondary N) is 3. The molecule has 2 aromatic rings. The summed E-state index contributed by atoms with van der Waals surface area (Å²) in [4.78, 5) is 63.9. The number of Topliss-reactive ketones (excluding diaryl/α,β-unsaturated/α-hetero) is 1. The van der Waals surface area contributed by atoms with Crippen LogP contribution in [0.5, 0.6) is 0 Å². The quantitative estimate of drug-likeness (QED) is 0.118. The number of likely N-dealkylation sites (N-methyl/N-ethyl adjacent to an activating group) is 2. The summed E-state index contributed by atoms with van der Waals surface area (Å²) in [5.41, 5.74) is 0.0739. The Labute approximate surface area is 358 Å². The third-order valence-electron chi connectivity index (χ3n) is 12.3. The van der Waals surface area contributed by atoms with Gasteiger partial charge in [0.2, 0.25) is 11.8 Å². The van der Waals surface area contributed by atoms with Crippen molar-refractivity contribution in [1.29, 1.82) is 0 Å². The lowest BCUT2D eigenvalue weighted by Crippen LogP contribution is -2.63. The molecule has 3 N–H and O–H groups in total. The maximum atomic E-state index is 14.5. The van der Waals surface area contributed by atoms with Crippen LogP contribution in [0.1, 0.15) is 111 Å². The number of amides is 3. The van der Waals surface area contributed by atoms with Gasteiger partial charge in [-0.1, -0.05) is 57.5 Å². The van der Waals surface area contributed by atoms with Gasteiger partial charge in [-0.05, 0) is 79.3 Å². The van der Waals surface area contributed by atoms with Crippen LogP contribution in [0, 0.1) is 11.8 Å². The number of alkyl carbamates (subject to hydrolysis) is 1. The fourth-order valence-corrected chi connectivity index (χ4v) is 8.78. The predicted octanol–water partition coefficient (Wildman–Crippen LogP) is 6.22. The van der Waals surface area contributed by atoms with Crippen molar-refractivity contribution < 1.29 is 33.4 Å². The molecule has 9 atom stereocenters. The lowest BCUT2D eigenvalue weighted by atomic mass is 9.85. The Morgan fingerprint density at radius 2 is 1.69 bits per heavy atom. The fraction of sp³-hybridized carbons (Fsp3) is 0.711. The molecule has 0 radical (unpaired) electrons. The molecular weight excluding hydrogens is 769 g/mol. The van der Waals surface area contributed by atoms with Crippen molar-refractivity contribution >= 4 is 35.0 Å². The van der Waals surface area contributed by atoms with E-state index < -0.39 is 41.9 Å². The van der Waals surface area contributed by atoms with E-state index in [1.54, 1.807) is 64.5 Å². The molecule has 0 aliphatic carbocycles. The molecule has 14 heteroatoms. The molecule has 1 unspecified atom stereocenters.